The van der Waals surface area contributed by atoms with E-state index in [0.717, 1.165) is 5.56 Å². The van der Waals surface area contributed by atoms with Crippen LogP contribution in [0.15, 0.2) is 71.9 Å². The Morgan fingerprint density at radius 3 is 2.45 bits per heavy atom. The summed E-state index contributed by atoms with van der Waals surface area (Å²) >= 11 is 0. The van der Waals surface area contributed by atoms with Gasteiger partial charge in [0.05, 0.1) is 0 Å². The van der Waals surface area contributed by atoms with Crippen LogP contribution in [0, 0.1) is 12.7 Å². The smallest absolute Gasteiger partial charge is 0.224 e. The number of nitrogens with zero attached hydrogens (tertiary/aromatic N) is 2. The van der Waals surface area contributed by atoms with Crippen LogP contribution in [0.5, 0.6) is 11.6 Å². The average Bonchev–Trinajstić information content (AvgIpc) is 2.70. The highest BCUT2D eigenvalue weighted by Gasteiger charge is 2.08. The van der Waals surface area contributed by atoms with Gasteiger partial charge in [0.1, 0.15) is 11.6 Å². The molecule has 0 radical (unpaired) electrons. The van der Waals surface area contributed by atoms with E-state index in [-0.39, 0.29) is 29.8 Å². The van der Waals surface area contributed by atoms with Gasteiger partial charge in [0.25, 0.3) is 0 Å². The zero-order chi connectivity index (χ0) is 19.8. The summed E-state index contributed by atoms with van der Waals surface area (Å²) in [5.41, 5.74) is 3.27. The van der Waals surface area contributed by atoms with Crippen LogP contribution in [0.25, 0.3) is 0 Å². The van der Waals surface area contributed by atoms with Crippen molar-refractivity contribution in [3.05, 3.63) is 89.4 Å². The van der Waals surface area contributed by atoms with Crippen LogP contribution >= 0.6 is 24.0 Å². The van der Waals surface area contributed by atoms with Crippen LogP contribution < -0.4 is 15.4 Å². The molecule has 0 aliphatic heterocycles. The maximum Gasteiger partial charge on any atom is 0.224 e. The van der Waals surface area contributed by atoms with E-state index < -0.39 is 0 Å². The van der Waals surface area contributed by atoms with Gasteiger partial charge < -0.3 is 15.4 Å². The average molecular weight is 506 g/mol. The number of aromatic nitrogens is 1. The van der Waals surface area contributed by atoms with Gasteiger partial charge in [0.2, 0.25) is 5.88 Å². The molecule has 2 N–H and O–H groups in total. The quantitative estimate of drug-likeness (QED) is 0.287. The van der Waals surface area contributed by atoms with Gasteiger partial charge in [-0.1, -0.05) is 36.4 Å². The maximum atomic E-state index is 13.4. The van der Waals surface area contributed by atoms with Gasteiger partial charge in [-0.15, -0.1) is 24.0 Å². The maximum absolute atomic E-state index is 13.4. The lowest BCUT2D eigenvalue weighted by Crippen LogP contribution is -2.36. The van der Waals surface area contributed by atoms with Crippen LogP contribution in [0.4, 0.5) is 4.39 Å². The summed E-state index contributed by atoms with van der Waals surface area (Å²) in [6.45, 7) is 3.22. The van der Waals surface area contributed by atoms with Gasteiger partial charge in [-0.2, -0.15) is 0 Å². The molecule has 0 fully saturated rings. The van der Waals surface area contributed by atoms with Crippen molar-refractivity contribution in [2.75, 3.05) is 7.05 Å². The van der Waals surface area contributed by atoms with Gasteiger partial charge >= 0.3 is 0 Å². The molecule has 0 spiro atoms. The summed E-state index contributed by atoms with van der Waals surface area (Å²) in [7, 11) is 1.72. The van der Waals surface area contributed by atoms with Crippen molar-refractivity contribution in [1.29, 1.82) is 0 Å². The topological polar surface area (TPSA) is 58.5 Å². The fraction of sp³-hybridized carbons (Fsp3) is 0.182. The first-order chi connectivity index (χ1) is 13.7. The molecule has 152 valence electrons. The third kappa shape index (κ3) is 6.70. The van der Waals surface area contributed by atoms with Gasteiger partial charge in [-0.05, 0) is 36.2 Å². The number of halogens is 2. The zero-order valence-electron chi connectivity index (χ0n) is 16.4. The number of pyridine rings is 1. The van der Waals surface area contributed by atoms with Crippen molar-refractivity contribution in [3.63, 3.8) is 0 Å². The van der Waals surface area contributed by atoms with Crippen molar-refractivity contribution in [1.82, 2.24) is 15.6 Å². The fourth-order valence-electron chi connectivity index (χ4n) is 2.68. The molecule has 0 bridgehead atoms. The molecule has 7 heteroatoms. The van der Waals surface area contributed by atoms with Crippen LogP contribution in [0.2, 0.25) is 0 Å². The molecule has 29 heavy (non-hydrogen) atoms. The molecule has 2 aromatic carbocycles. The third-order valence-corrected chi connectivity index (χ3v) is 4.24. The second-order valence-corrected chi connectivity index (χ2v) is 6.23. The van der Waals surface area contributed by atoms with Crippen molar-refractivity contribution in [2.24, 2.45) is 4.99 Å². The number of nitrogens with one attached hydrogen (secondary N) is 2. The lowest BCUT2D eigenvalue weighted by Gasteiger charge is -2.14. The second-order valence-electron chi connectivity index (χ2n) is 6.23. The molecule has 3 aromatic rings. The van der Waals surface area contributed by atoms with Crippen LogP contribution in [-0.4, -0.2) is 18.0 Å². The van der Waals surface area contributed by atoms with Crippen molar-refractivity contribution < 1.29 is 9.13 Å². The molecule has 0 amide bonds. The minimum absolute atomic E-state index is 0. The molecule has 0 unspecified atom stereocenters. The first kappa shape index (κ1) is 22.6. The van der Waals surface area contributed by atoms with Gasteiger partial charge in [-0.3, -0.25) is 4.99 Å². The molecule has 3 rings (SSSR count). The Bertz CT molecular complexity index is 965. The minimum Gasteiger partial charge on any atom is -0.439 e. The van der Waals surface area contributed by atoms with E-state index >= 15 is 0 Å². The summed E-state index contributed by atoms with van der Waals surface area (Å²) in [5, 5.41) is 6.56. The summed E-state index contributed by atoms with van der Waals surface area (Å²) in [4.78, 5) is 8.52. The second kappa shape index (κ2) is 11.4. The van der Waals surface area contributed by atoms with Gasteiger partial charge in [-0.25, -0.2) is 9.37 Å². The molecular formula is C22H24FIN4O. The van der Waals surface area contributed by atoms with E-state index in [0.29, 0.717) is 30.7 Å². The highest BCUT2D eigenvalue weighted by molar-refractivity contribution is 14.0. The number of hydrogen-bond acceptors (Lipinski definition) is 3. The Morgan fingerprint density at radius 1 is 1.00 bits per heavy atom. The summed E-state index contributed by atoms with van der Waals surface area (Å²) in [6, 6.07) is 17.9. The van der Waals surface area contributed by atoms with Crippen LogP contribution in [0.1, 0.15) is 16.7 Å². The first-order valence-corrected chi connectivity index (χ1v) is 9.02. The molecule has 0 atom stereocenters. The SMILES string of the molecule is CN=C(NCc1ccccc1C)NCc1cccnc1Oc1cccc(F)c1.I. The predicted molar refractivity (Wildman–Crippen MR) is 124 cm³/mol. The Morgan fingerprint density at radius 2 is 1.72 bits per heavy atom. The lowest BCUT2D eigenvalue weighted by atomic mass is 10.1. The zero-order valence-corrected chi connectivity index (χ0v) is 18.7. The highest BCUT2D eigenvalue weighted by atomic mass is 127. The Hall–Kier alpha value is -2.68. The number of hydrogen-bond donors (Lipinski definition) is 2. The number of aryl methyl sites for hydroxylation is 1. The van der Waals surface area contributed by atoms with Crippen LogP contribution in [-0.2, 0) is 13.1 Å². The minimum atomic E-state index is -0.353. The molecule has 1 heterocycles. The number of benzene rings is 2. The van der Waals surface area contributed by atoms with Gasteiger partial charge in [0.15, 0.2) is 5.96 Å². The van der Waals surface area contributed by atoms with E-state index in [9.17, 15) is 4.39 Å². The fourth-order valence-corrected chi connectivity index (χ4v) is 2.68. The molecule has 1 aromatic heterocycles. The number of rotatable bonds is 6. The van der Waals surface area contributed by atoms with E-state index in [1.165, 1.54) is 23.3 Å². The highest BCUT2D eigenvalue weighted by Crippen LogP contribution is 2.23. The number of aliphatic imine (C=N–C) groups is 1. The van der Waals surface area contributed by atoms with Crippen molar-refractivity contribution >= 4 is 29.9 Å². The van der Waals surface area contributed by atoms with Crippen LogP contribution in [0.3, 0.4) is 0 Å². The monoisotopic (exact) mass is 506 g/mol. The molecule has 0 aliphatic rings. The molecule has 0 saturated carbocycles. The standard InChI is InChI=1S/C22H23FN4O.HI/c1-16-7-3-4-8-17(16)14-26-22(24-2)27-15-18-9-6-12-25-21(18)28-20-11-5-10-19(23)13-20;/h3-13H,14-15H2,1-2H3,(H2,24,26,27);1H. The van der Waals surface area contributed by atoms with Crippen molar-refractivity contribution in [3.8, 4) is 11.6 Å². The Labute approximate surface area is 187 Å². The molecule has 0 aliphatic carbocycles. The number of ether oxygens (including phenoxy) is 1. The number of guanidine groups is 1. The summed E-state index contributed by atoms with van der Waals surface area (Å²) < 4.78 is 19.1. The van der Waals surface area contributed by atoms with E-state index in [4.69, 9.17) is 4.74 Å². The Kier molecular flexibility index (Phi) is 8.85. The predicted octanol–water partition coefficient (Wildman–Crippen LogP) is 4.80. The normalized spacial score (nSPS) is 10.8. The summed E-state index contributed by atoms with van der Waals surface area (Å²) in [5.74, 6) is 1.15. The van der Waals surface area contributed by atoms with E-state index in [1.54, 1.807) is 25.4 Å². The third-order valence-electron chi connectivity index (χ3n) is 4.24. The first-order valence-electron chi connectivity index (χ1n) is 9.02. The molecular weight excluding hydrogens is 482 g/mol. The van der Waals surface area contributed by atoms with Gasteiger partial charge in [0, 0.05) is 38.0 Å². The molecule has 5 nitrogen and oxygen atoms in total. The molecule has 0 saturated heterocycles. The van der Waals surface area contributed by atoms with E-state index in [2.05, 4.69) is 39.7 Å². The van der Waals surface area contributed by atoms with E-state index in [1.807, 2.05) is 24.3 Å². The summed E-state index contributed by atoms with van der Waals surface area (Å²) in [6.07, 6.45) is 1.64. The Balaban J connectivity index is 0.00000300. The largest absolute Gasteiger partial charge is 0.439 e. The van der Waals surface area contributed by atoms with Crippen molar-refractivity contribution in [2.45, 2.75) is 20.0 Å². The lowest BCUT2D eigenvalue weighted by molar-refractivity contribution is 0.450.